The molecule has 278 valence electrons. The summed E-state index contributed by atoms with van der Waals surface area (Å²) in [6.07, 6.45) is 0. The lowest BCUT2D eigenvalue weighted by Crippen LogP contribution is -1.98. The number of nitrogens with zero attached hydrogens (tertiary/aromatic N) is 4. The highest BCUT2D eigenvalue weighted by atomic mass is 15.0. The highest BCUT2D eigenvalue weighted by molar-refractivity contribution is 6.20. The van der Waals surface area contributed by atoms with Crippen molar-refractivity contribution in [1.82, 2.24) is 19.1 Å². The lowest BCUT2D eigenvalue weighted by Gasteiger charge is -2.18. The Morgan fingerprint density at radius 3 is 1.67 bits per heavy atom. The van der Waals surface area contributed by atoms with E-state index in [0.29, 0.717) is 0 Å². The third-order valence-corrected chi connectivity index (χ3v) is 12.5. The zero-order valence-corrected chi connectivity index (χ0v) is 32.4. The molecule has 60 heavy (non-hydrogen) atoms. The average molecular weight is 763 g/mol. The first-order valence-corrected chi connectivity index (χ1v) is 20.5. The number of benzene rings is 9. The number of fused-ring (bicyclic) bond motifs is 11. The van der Waals surface area contributed by atoms with Crippen molar-refractivity contribution in [2.45, 2.75) is 0 Å². The van der Waals surface area contributed by atoms with Gasteiger partial charge in [-0.1, -0.05) is 152 Å². The Morgan fingerprint density at radius 1 is 0.333 bits per heavy atom. The largest absolute Gasteiger partial charge is 0.309 e. The second-order valence-corrected chi connectivity index (χ2v) is 15.7. The molecule has 9 aromatic carbocycles. The number of pyridine rings is 2. The maximum absolute atomic E-state index is 5.32. The minimum atomic E-state index is 0.910. The molecule has 4 heteroatoms. The topological polar surface area (TPSA) is 35.6 Å². The third kappa shape index (κ3) is 4.73. The van der Waals surface area contributed by atoms with E-state index >= 15 is 0 Å². The maximum atomic E-state index is 5.32. The van der Waals surface area contributed by atoms with Gasteiger partial charge >= 0.3 is 0 Å². The first-order chi connectivity index (χ1) is 29.8. The molecule has 0 aliphatic heterocycles. The molecule has 4 heterocycles. The summed E-state index contributed by atoms with van der Waals surface area (Å²) in [7, 11) is 0. The molecular weight excluding hydrogens is 729 g/mol. The summed E-state index contributed by atoms with van der Waals surface area (Å²) in [5.41, 5.74) is 14.2. The van der Waals surface area contributed by atoms with Crippen molar-refractivity contribution in [3.8, 4) is 33.8 Å². The number of hydrogen-bond donors (Lipinski definition) is 0. The summed E-state index contributed by atoms with van der Waals surface area (Å²) in [5.74, 6) is 0. The molecule has 13 aromatic rings. The van der Waals surface area contributed by atoms with Crippen LogP contribution < -0.4 is 0 Å². The predicted octanol–water partition coefficient (Wildman–Crippen LogP) is 14.6. The summed E-state index contributed by atoms with van der Waals surface area (Å²) in [5, 5.41) is 10.6. The van der Waals surface area contributed by atoms with Crippen molar-refractivity contribution in [3.63, 3.8) is 0 Å². The zero-order valence-electron chi connectivity index (χ0n) is 32.4. The molecule has 4 aromatic heterocycles. The van der Waals surface area contributed by atoms with Crippen LogP contribution in [0.1, 0.15) is 0 Å². The first kappa shape index (κ1) is 32.9. The quantitative estimate of drug-likeness (QED) is 0.132. The van der Waals surface area contributed by atoms with Gasteiger partial charge in [-0.25, -0.2) is 9.97 Å². The molecule has 0 atom stereocenters. The lowest BCUT2D eigenvalue weighted by atomic mass is 9.91. The van der Waals surface area contributed by atoms with Gasteiger partial charge in [-0.05, 0) is 65.5 Å². The highest BCUT2D eigenvalue weighted by Crippen LogP contribution is 2.44. The van der Waals surface area contributed by atoms with E-state index < -0.39 is 0 Å². The van der Waals surface area contributed by atoms with Crippen LogP contribution >= 0.6 is 0 Å². The van der Waals surface area contributed by atoms with Crippen LogP contribution in [0.5, 0.6) is 0 Å². The fourth-order valence-electron chi connectivity index (χ4n) is 9.85. The van der Waals surface area contributed by atoms with E-state index in [1.165, 1.54) is 65.5 Å². The summed E-state index contributed by atoms with van der Waals surface area (Å²) < 4.78 is 4.86. The molecule has 0 N–H and O–H groups in total. The predicted molar refractivity (Wildman–Crippen MR) is 252 cm³/mol. The number of rotatable bonds is 4. The Balaban J connectivity index is 1.05. The van der Waals surface area contributed by atoms with Gasteiger partial charge in [0.25, 0.3) is 0 Å². The average Bonchev–Trinajstić information content (AvgIpc) is 3.83. The number of hydrogen-bond acceptors (Lipinski definition) is 2. The van der Waals surface area contributed by atoms with Gasteiger partial charge in [-0.3, -0.25) is 0 Å². The van der Waals surface area contributed by atoms with E-state index in [0.717, 1.165) is 55.3 Å². The maximum Gasteiger partial charge on any atom is 0.0978 e. The Labute approximate surface area is 344 Å². The summed E-state index contributed by atoms with van der Waals surface area (Å²) in [6, 6.07) is 74.4. The van der Waals surface area contributed by atoms with Crippen LogP contribution in [0.4, 0.5) is 0 Å². The van der Waals surface area contributed by atoms with Gasteiger partial charge < -0.3 is 9.13 Å². The summed E-state index contributed by atoms with van der Waals surface area (Å²) in [4.78, 5) is 10.6. The van der Waals surface area contributed by atoms with Gasteiger partial charge in [-0.15, -0.1) is 0 Å². The van der Waals surface area contributed by atoms with Crippen molar-refractivity contribution in [1.29, 1.82) is 0 Å². The van der Waals surface area contributed by atoms with Crippen LogP contribution in [0.2, 0.25) is 0 Å². The molecule has 0 unspecified atom stereocenters. The van der Waals surface area contributed by atoms with E-state index in [1.807, 2.05) is 6.07 Å². The van der Waals surface area contributed by atoms with Crippen molar-refractivity contribution >= 4 is 87.1 Å². The molecule has 0 aliphatic rings. The van der Waals surface area contributed by atoms with Crippen molar-refractivity contribution in [2.75, 3.05) is 0 Å². The monoisotopic (exact) mass is 762 g/mol. The first-order valence-electron chi connectivity index (χ1n) is 20.5. The van der Waals surface area contributed by atoms with Crippen LogP contribution in [-0.2, 0) is 0 Å². The Morgan fingerprint density at radius 2 is 0.917 bits per heavy atom. The SMILES string of the molecule is c1ccc(-c2ccc3ccc4c(-c5ccc(-n6c7ccccc7c7cc(-n8c9ccccc9c9ccccc98)ccc76)c6ccccc56)c5ccccc5nc4c3n2)cc1. The summed E-state index contributed by atoms with van der Waals surface area (Å²) >= 11 is 0. The van der Waals surface area contributed by atoms with Crippen molar-refractivity contribution < 1.29 is 0 Å². The van der Waals surface area contributed by atoms with Gasteiger partial charge in [0, 0.05) is 59.9 Å². The van der Waals surface area contributed by atoms with Crippen molar-refractivity contribution in [2.24, 2.45) is 0 Å². The molecule has 4 nitrogen and oxygen atoms in total. The van der Waals surface area contributed by atoms with Gasteiger partial charge in [0.2, 0.25) is 0 Å². The number of para-hydroxylation sites is 4. The van der Waals surface area contributed by atoms with E-state index in [1.54, 1.807) is 0 Å². The fourth-order valence-corrected chi connectivity index (χ4v) is 9.85. The van der Waals surface area contributed by atoms with Crippen LogP contribution in [0, 0.1) is 0 Å². The normalized spacial score (nSPS) is 12.0. The standard InChI is InChI=1S/C56H34N4/c1-2-14-35(15-3-1)47-31-27-36-26-29-45-54(44-21-6-10-22-48(44)58-56(45)55(36)57-47)43-30-33-52(39-17-5-4-16-38(39)43)60-51-25-13-9-20-42(51)46-34-37(28-32-53(46)60)59-49-23-11-7-18-40(49)41-19-8-12-24-50(41)59/h1-34H. The van der Waals surface area contributed by atoms with Crippen molar-refractivity contribution in [3.05, 3.63) is 206 Å². The Bertz CT molecular complexity index is 3840. The minimum Gasteiger partial charge on any atom is -0.309 e. The van der Waals surface area contributed by atoms with Crippen LogP contribution in [0.25, 0.3) is 121 Å². The molecule has 0 bridgehead atoms. The summed E-state index contributed by atoms with van der Waals surface area (Å²) in [6.45, 7) is 0. The molecule has 0 radical (unpaired) electrons. The van der Waals surface area contributed by atoms with E-state index in [4.69, 9.17) is 9.97 Å². The molecule has 0 fully saturated rings. The molecular formula is C56H34N4. The van der Waals surface area contributed by atoms with Gasteiger partial charge in [0.15, 0.2) is 0 Å². The Hall–Kier alpha value is -8.08. The van der Waals surface area contributed by atoms with Crippen LogP contribution in [0.15, 0.2) is 206 Å². The Kier molecular flexibility index (Phi) is 6.98. The van der Waals surface area contributed by atoms with Gasteiger partial charge in [-0.2, -0.15) is 0 Å². The van der Waals surface area contributed by atoms with Crippen LogP contribution in [-0.4, -0.2) is 19.1 Å². The third-order valence-electron chi connectivity index (χ3n) is 12.5. The molecule has 0 spiro atoms. The second kappa shape index (κ2) is 12.7. The smallest absolute Gasteiger partial charge is 0.0978 e. The molecule has 0 amide bonds. The zero-order chi connectivity index (χ0) is 39.3. The molecule has 0 aliphatic carbocycles. The van der Waals surface area contributed by atoms with Gasteiger partial charge in [0.05, 0.1) is 50.0 Å². The minimum absolute atomic E-state index is 0.910. The fraction of sp³-hybridized carbons (Fsp3) is 0. The second-order valence-electron chi connectivity index (χ2n) is 15.7. The lowest BCUT2D eigenvalue weighted by molar-refractivity contribution is 1.17. The van der Waals surface area contributed by atoms with Gasteiger partial charge in [0.1, 0.15) is 0 Å². The molecule has 0 saturated carbocycles. The van der Waals surface area contributed by atoms with E-state index in [2.05, 4.69) is 209 Å². The molecule has 0 saturated heterocycles. The van der Waals surface area contributed by atoms with E-state index in [9.17, 15) is 0 Å². The highest BCUT2D eigenvalue weighted by Gasteiger charge is 2.21. The van der Waals surface area contributed by atoms with Crippen LogP contribution in [0.3, 0.4) is 0 Å². The molecule has 13 rings (SSSR count). The van der Waals surface area contributed by atoms with E-state index in [-0.39, 0.29) is 0 Å². The number of aromatic nitrogens is 4.